The van der Waals surface area contributed by atoms with Crippen molar-refractivity contribution in [3.8, 4) is 17.6 Å². The van der Waals surface area contributed by atoms with Crippen molar-refractivity contribution in [1.29, 1.82) is 5.26 Å². The van der Waals surface area contributed by atoms with Crippen LogP contribution in [0.1, 0.15) is 15.9 Å². The zero-order valence-corrected chi connectivity index (χ0v) is 17.7. The third-order valence-corrected chi connectivity index (χ3v) is 5.56. The summed E-state index contributed by atoms with van der Waals surface area (Å²) >= 11 is 1.40. The molecule has 0 aliphatic rings. The van der Waals surface area contributed by atoms with Gasteiger partial charge in [0.05, 0.1) is 53.0 Å². The molecule has 0 radical (unpaired) electrons. The lowest BCUT2D eigenvalue weighted by Gasteiger charge is -2.20. The second-order valence-corrected chi connectivity index (χ2v) is 7.72. The number of rotatable bonds is 7. The molecule has 7 nitrogen and oxygen atoms in total. The van der Waals surface area contributed by atoms with Gasteiger partial charge in [-0.05, 0) is 36.4 Å². The predicted octanol–water partition coefficient (Wildman–Crippen LogP) is 1.98. The van der Waals surface area contributed by atoms with E-state index in [1.165, 1.54) is 16.2 Å². The maximum absolute atomic E-state index is 13.3. The minimum absolute atomic E-state index is 0.160. The van der Waals surface area contributed by atoms with Crippen molar-refractivity contribution in [2.75, 3.05) is 46.3 Å². The second-order valence-electron chi connectivity index (χ2n) is 6.75. The van der Waals surface area contributed by atoms with Gasteiger partial charge in [-0.15, -0.1) is 0 Å². The highest BCUT2D eigenvalue weighted by atomic mass is 32.1. The van der Waals surface area contributed by atoms with E-state index in [4.69, 9.17) is 19.7 Å². The summed E-state index contributed by atoms with van der Waals surface area (Å²) < 4.78 is 11.7. The molecule has 0 bridgehead atoms. The van der Waals surface area contributed by atoms with Crippen LogP contribution in [0.2, 0.25) is 0 Å². The minimum Gasteiger partial charge on any atom is -0.495 e. The largest absolute Gasteiger partial charge is 0.495 e. The normalized spacial score (nSPS) is 10.8. The Morgan fingerprint density at radius 3 is 2.38 bits per heavy atom. The van der Waals surface area contributed by atoms with Crippen LogP contribution in [-0.2, 0) is 0 Å². The van der Waals surface area contributed by atoms with Crippen LogP contribution in [-0.4, -0.2) is 52.3 Å². The Bertz CT molecular complexity index is 1010. The fourth-order valence-electron chi connectivity index (χ4n) is 2.85. The number of thiazole rings is 1. The Balaban J connectivity index is 2.06. The lowest BCUT2D eigenvalue weighted by Crippen LogP contribution is -3.06. The first kappa shape index (κ1) is 20.6. The Labute approximate surface area is 173 Å². The Morgan fingerprint density at radius 1 is 1.14 bits per heavy atom. The van der Waals surface area contributed by atoms with E-state index in [-0.39, 0.29) is 5.91 Å². The SMILES string of the molecule is COc1ccc(OC)c2sc(N(CC[NH+](C)C)C(=O)c3ccc(C#N)cc3)nc12. The first-order valence-electron chi connectivity index (χ1n) is 9.11. The monoisotopic (exact) mass is 411 g/mol. The number of hydrogen-bond acceptors (Lipinski definition) is 6. The maximum Gasteiger partial charge on any atom is 0.260 e. The number of carbonyl (C=O) groups is 1. The van der Waals surface area contributed by atoms with Gasteiger partial charge in [-0.25, -0.2) is 4.98 Å². The highest BCUT2D eigenvalue weighted by Crippen LogP contribution is 2.40. The van der Waals surface area contributed by atoms with Crippen LogP contribution < -0.4 is 19.3 Å². The molecule has 0 aliphatic heterocycles. The van der Waals surface area contributed by atoms with E-state index >= 15 is 0 Å². The molecule has 2 aromatic carbocycles. The number of methoxy groups -OCH3 is 2. The van der Waals surface area contributed by atoms with Crippen LogP contribution in [0, 0.1) is 11.3 Å². The summed E-state index contributed by atoms with van der Waals surface area (Å²) in [6.07, 6.45) is 0. The van der Waals surface area contributed by atoms with E-state index < -0.39 is 0 Å². The number of hydrogen-bond donors (Lipinski definition) is 1. The number of nitrogens with one attached hydrogen (secondary N) is 1. The van der Waals surface area contributed by atoms with Crippen LogP contribution in [0.4, 0.5) is 5.13 Å². The summed E-state index contributed by atoms with van der Waals surface area (Å²) in [4.78, 5) is 20.9. The zero-order chi connectivity index (χ0) is 21.0. The van der Waals surface area contributed by atoms with Gasteiger partial charge < -0.3 is 14.4 Å². The number of nitrogens with zero attached hydrogens (tertiary/aromatic N) is 3. The van der Waals surface area contributed by atoms with Gasteiger partial charge in [-0.1, -0.05) is 11.3 Å². The van der Waals surface area contributed by atoms with Crippen molar-refractivity contribution in [2.45, 2.75) is 0 Å². The number of amides is 1. The molecule has 1 aromatic heterocycles. The molecule has 3 aromatic rings. The minimum atomic E-state index is -0.160. The molecule has 1 N–H and O–H groups in total. The van der Waals surface area contributed by atoms with E-state index in [9.17, 15) is 4.79 Å². The maximum atomic E-state index is 13.3. The molecule has 0 saturated heterocycles. The van der Waals surface area contributed by atoms with Crippen molar-refractivity contribution in [3.05, 3.63) is 47.5 Å². The molecule has 0 atom stereocenters. The second kappa shape index (κ2) is 8.90. The number of carbonyl (C=O) groups excluding carboxylic acids is 1. The number of nitriles is 1. The number of aromatic nitrogens is 1. The number of benzene rings is 2. The predicted molar refractivity (Wildman–Crippen MR) is 113 cm³/mol. The molecule has 150 valence electrons. The summed E-state index contributed by atoms with van der Waals surface area (Å²) in [5.74, 6) is 1.16. The fraction of sp³-hybridized carbons (Fsp3) is 0.286. The van der Waals surface area contributed by atoms with Crippen molar-refractivity contribution in [3.63, 3.8) is 0 Å². The van der Waals surface area contributed by atoms with E-state index in [0.717, 1.165) is 11.2 Å². The van der Waals surface area contributed by atoms with Gasteiger partial charge in [-0.2, -0.15) is 5.26 Å². The smallest absolute Gasteiger partial charge is 0.260 e. The van der Waals surface area contributed by atoms with Gasteiger partial charge in [0.15, 0.2) is 5.13 Å². The first-order chi connectivity index (χ1) is 14.0. The van der Waals surface area contributed by atoms with Crippen LogP contribution in [0.5, 0.6) is 11.5 Å². The highest BCUT2D eigenvalue weighted by molar-refractivity contribution is 7.22. The number of anilines is 1. The van der Waals surface area contributed by atoms with Gasteiger partial charge in [-0.3, -0.25) is 9.69 Å². The lowest BCUT2D eigenvalue weighted by atomic mass is 10.1. The van der Waals surface area contributed by atoms with E-state index in [2.05, 4.69) is 6.07 Å². The molecule has 0 spiro atoms. The zero-order valence-electron chi connectivity index (χ0n) is 16.9. The van der Waals surface area contributed by atoms with Gasteiger partial charge >= 0.3 is 0 Å². The summed E-state index contributed by atoms with van der Waals surface area (Å²) in [6.45, 7) is 1.26. The van der Waals surface area contributed by atoms with Crippen molar-refractivity contribution < 1.29 is 19.2 Å². The molecule has 0 saturated carbocycles. The third-order valence-electron chi connectivity index (χ3n) is 4.47. The summed E-state index contributed by atoms with van der Waals surface area (Å²) in [5, 5.41) is 9.58. The van der Waals surface area contributed by atoms with Crippen LogP contribution in [0.25, 0.3) is 10.2 Å². The topological polar surface area (TPSA) is 79.9 Å². The van der Waals surface area contributed by atoms with E-state index in [1.807, 2.05) is 20.2 Å². The molecule has 0 unspecified atom stereocenters. The molecule has 1 heterocycles. The Morgan fingerprint density at radius 2 is 1.79 bits per heavy atom. The number of quaternary nitrogens is 1. The average molecular weight is 412 g/mol. The van der Waals surface area contributed by atoms with Gasteiger partial charge in [0, 0.05) is 5.56 Å². The molecular weight excluding hydrogens is 388 g/mol. The molecule has 0 aliphatic carbocycles. The van der Waals surface area contributed by atoms with E-state index in [1.54, 1.807) is 49.5 Å². The molecule has 1 amide bonds. The average Bonchev–Trinajstić information content (AvgIpc) is 3.18. The summed E-state index contributed by atoms with van der Waals surface area (Å²) in [6, 6.07) is 12.3. The van der Waals surface area contributed by atoms with Gasteiger partial charge in [0.25, 0.3) is 5.91 Å². The van der Waals surface area contributed by atoms with Crippen LogP contribution in [0.3, 0.4) is 0 Å². The molecule has 29 heavy (non-hydrogen) atoms. The fourth-order valence-corrected chi connectivity index (χ4v) is 3.95. The standard InChI is InChI=1S/C21H22N4O3S/c1-24(2)11-12-25(20(26)15-7-5-14(13-22)6-8-15)21-23-18-16(27-3)9-10-17(28-4)19(18)29-21/h5-10H,11-12H2,1-4H3/p+1. The number of fused-ring (bicyclic) bond motifs is 1. The Kier molecular flexibility index (Phi) is 6.32. The van der Waals surface area contributed by atoms with Gasteiger partial charge in [0.1, 0.15) is 21.7 Å². The highest BCUT2D eigenvalue weighted by Gasteiger charge is 2.24. The molecule has 3 rings (SSSR count). The van der Waals surface area contributed by atoms with E-state index in [0.29, 0.717) is 39.8 Å². The quantitative estimate of drug-likeness (QED) is 0.643. The van der Waals surface area contributed by atoms with Crippen LogP contribution in [0.15, 0.2) is 36.4 Å². The lowest BCUT2D eigenvalue weighted by molar-refractivity contribution is -0.856. The summed E-state index contributed by atoms with van der Waals surface area (Å²) in [5.41, 5.74) is 1.69. The van der Waals surface area contributed by atoms with Crippen molar-refractivity contribution >= 4 is 32.6 Å². The third kappa shape index (κ3) is 4.31. The Hall–Kier alpha value is -3.15. The van der Waals surface area contributed by atoms with Crippen molar-refractivity contribution in [1.82, 2.24) is 4.98 Å². The first-order valence-corrected chi connectivity index (χ1v) is 9.92. The molecule has 8 heteroatoms. The summed E-state index contributed by atoms with van der Waals surface area (Å²) in [7, 11) is 7.27. The van der Waals surface area contributed by atoms with Crippen LogP contribution >= 0.6 is 11.3 Å². The molecular formula is C21H23N4O3S+. The number of likely N-dealkylation sites (N-methyl/N-ethyl adjacent to an activating group) is 1. The van der Waals surface area contributed by atoms with Crippen molar-refractivity contribution in [2.24, 2.45) is 0 Å². The molecule has 0 fully saturated rings. The van der Waals surface area contributed by atoms with Gasteiger partial charge in [0.2, 0.25) is 0 Å². The number of ether oxygens (including phenoxy) is 2.